The van der Waals surface area contributed by atoms with Gasteiger partial charge in [-0.25, -0.2) is 0 Å². The van der Waals surface area contributed by atoms with Crippen LogP contribution in [0.2, 0.25) is 0 Å². The third kappa shape index (κ3) is 6.07. The molecule has 0 saturated heterocycles. The van der Waals surface area contributed by atoms with Crippen LogP contribution in [0.5, 0.6) is 11.5 Å². The van der Waals surface area contributed by atoms with Gasteiger partial charge in [0.05, 0.1) is 5.69 Å². The van der Waals surface area contributed by atoms with Crippen LogP contribution in [0, 0.1) is 13.8 Å². The Bertz CT molecular complexity index is 3820. The molecule has 1 aromatic heterocycles. The molecular formula is C62H42N2O2. The fourth-order valence-corrected chi connectivity index (χ4v) is 10.3. The second-order valence-electron chi connectivity index (χ2n) is 17.4. The number of para-hydroxylation sites is 5. The van der Waals surface area contributed by atoms with E-state index in [0.29, 0.717) is 0 Å². The lowest BCUT2D eigenvalue weighted by Gasteiger charge is -2.28. The monoisotopic (exact) mass is 846 g/mol. The minimum atomic E-state index is 0.849. The molecule has 0 atom stereocenters. The van der Waals surface area contributed by atoms with Gasteiger partial charge in [0.2, 0.25) is 0 Å². The van der Waals surface area contributed by atoms with E-state index in [0.717, 1.165) is 89.6 Å². The summed E-state index contributed by atoms with van der Waals surface area (Å²) in [7, 11) is 0. The van der Waals surface area contributed by atoms with Crippen molar-refractivity contribution in [3.05, 3.63) is 230 Å². The number of hydrogen-bond acceptors (Lipinski definition) is 4. The number of rotatable bonds is 7. The number of nitrogens with zero attached hydrogens (tertiary/aromatic N) is 2. The van der Waals surface area contributed by atoms with Gasteiger partial charge in [-0.2, -0.15) is 0 Å². The summed E-state index contributed by atoms with van der Waals surface area (Å²) in [5.74, 6) is 1.73. The fraction of sp³-hybridized carbons (Fsp3) is 0.0323. The van der Waals surface area contributed by atoms with Crippen LogP contribution in [0.4, 0.5) is 34.1 Å². The summed E-state index contributed by atoms with van der Waals surface area (Å²) in [6.45, 7) is 4.36. The highest BCUT2D eigenvalue weighted by molar-refractivity contribution is 6.25. The smallest absolute Gasteiger partial charge is 0.159 e. The number of furan rings is 1. The lowest BCUT2D eigenvalue weighted by molar-refractivity contribution is 0.487. The zero-order chi connectivity index (χ0) is 43.9. The second-order valence-corrected chi connectivity index (χ2v) is 17.4. The summed E-state index contributed by atoms with van der Waals surface area (Å²) in [5, 5.41) is 9.44. The highest BCUT2D eigenvalue weighted by Crippen LogP contribution is 2.53. The summed E-state index contributed by atoms with van der Waals surface area (Å²) < 4.78 is 13.6. The number of ether oxygens (including phenoxy) is 1. The normalized spacial score (nSPS) is 11.9. The molecule has 66 heavy (non-hydrogen) atoms. The Morgan fingerprint density at radius 3 is 1.67 bits per heavy atom. The molecule has 4 heteroatoms. The van der Waals surface area contributed by atoms with Gasteiger partial charge in [0.15, 0.2) is 5.58 Å². The number of hydrogen-bond donors (Lipinski definition) is 0. The molecule has 0 unspecified atom stereocenters. The Balaban J connectivity index is 0.969. The summed E-state index contributed by atoms with van der Waals surface area (Å²) >= 11 is 0. The van der Waals surface area contributed by atoms with Crippen molar-refractivity contribution >= 4 is 88.4 Å². The van der Waals surface area contributed by atoms with Gasteiger partial charge in [-0.1, -0.05) is 127 Å². The first-order valence-corrected chi connectivity index (χ1v) is 22.6. The predicted octanol–water partition coefficient (Wildman–Crippen LogP) is 18.0. The molecule has 11 aromatic carbocycles. The van der Waals surface area contributed by atoms with Crippen molar-refractivity contribution in [1.29, 1.82) is 0 Å². The molecule has 0 radical (unpaired) electrons. The van der Waals surface area contributed by atoms with E-state index >= 15 is 0 Å². The molecular weight excluding hydrogens is 805 g/mol. The Hall–Kier alpha value is -8.60. The van der Waals surface area contributed by atoms with E-state index in [-0.39, 0.29) is 0 Å². The largest absolute Gasteiger partial charge is 0.456 e. The standard InChI is InChI=1S/C62H42N2O2/c1-39-25-31-47-51(41-26-28-45(29-27-41)64(44-19-10-5-11-20-44)57-23-14-22-50-48-21-12-13-24-58(48)66-62(50)57)37-54-53(52(47)33-39)38-56-49-32-30-46(36-59(49)65-60-35-40(2)34-55(54)61(56)60)63(42-15-6-3-7-16-42)43-17-8-4-9-18-43/h3-38H,1-2H3. The van der Waals surface area contributed by atoms with Crippen molar-refractivity contribution in [2.24, 2.45) is 0 Å². The minimum Gasteiger partial charge on any atom is -0.456 e. The molecule has 0 fully saturated rings. The first-order valence-electron chi connectivity index (χ1n) is 22.6. The molecule has 2 heterocycles. The van der Waals surface area contributed by atoms with Crippen molar-refractivity contribution in [3.8, 4) is 33.8 Å². The maximum absolute atomic E-state index is 6.98. The van der Waals surface area contributed by atoms with Crippen LogP contribution in [0.1, 0.15) is 11.1 Å². The second kappa shape index (κ2) is 15.0. The first kappa shape index (κ1) is 37.9. The molecule has 0 amide bonds. The summed E-state index contributed by atoms with van der Waals surface area (Å²) in [4.78, 5) is 4.59. The van der Waals surface area contributed by atoms with Gasteiger partial charge in [-0.05, 0) is 154 Å². The van der Waals surface area contributed by atoms with E-state index in [2.05, 4.69) is 230 Å². The molecule has 312 valence electrons. The van der Waals surface area contributed by atoms with Crippen LogP contribution in [-0.4, -0.2) is 0 Å². The lowest BCUT2D eigenvalue weighted by atomic mass is 9.85. The van der Waals surface area contributed by atoms with E-state index in [1.54, 1.807) is 0 Å². The Morgan fingerprint density at radius 2 is 0.924 bits per heavy atom. The van der Waals surface area contributed by atoms with Gasteiger partial charge in [0.25, 0.3) is 0 Å². The van der Waals surface area contributed by atoms with Crippen LogP contribution in [-0.2, 0) is 0 Å². The topological polar surface area (TPSA) is 28.9 Å². The van der Waals surface area contributed by atoms with Crippen molar-refractivity contribution in [3.63, 3.8) is 0 Å². The van der Waals surface area contributed by atoms with E-state index < -0.39 is 0 Å². The number of aryl methyl sites for hydroxylation is 2. The lowest BCUT2D eigenvalue weighted by Crippen LogP contribution is -2.10. The van der Waals surface area contributed by atoms with E-state index in [9.17, 15) is 0 Å². The average molecular weight is 847 g/mol. The van der Waals surface area contributed by atoms with E-state index in [4.69, 9.17) is 9.15 Å². The van der Waals surface area contributed by atoms with Gasteiger partial charge >= 0.3 is 0 Å². The maximum atomic E-state index is 6.98. The molecule has 13 rings (SSSR count). The van der Waals surface area contributed by atoms with E-state index in [1.165, 1.54) is 43.6 Å². The Morgan fingerprint density at radius 1 is 0.333 bits per heavy atom. The van der Waals surface area contributed by atoms with Gasteiger partial charge in [-0.3, -0.25) is 0 Å². The molecule has 1 aliphatic rings. The molecule has 0 N–H and O–H groups in total. The number of anilines is 6. The Kier molecular flexibility index (Phi) is 8.62. The highest BCUT2D eigenvalue weighted by Gasteiger charge is 2.26. The van der Waals surface area contributed by atoms with E-state index in [1.807, 2.05) is 12.1 Å². The van der Waals surface area contributed by atoms with Crippen molar-refractivity contribution in [2.75, 3.05) is 9.80 Å². The third-order valence-electron chi connectivity index (χ3n) is 13.3. The van der Waals surface area contributed by atoms with Gasteiger partial charge in [0, 0.05) is 56.2 Å². The number of benzene rings is 11. The van der Waals surface area contributed by atoms with Crippen LogP contribution in [0.25, 0.3) is 76.5 Å². The number of fused-ring (bicyclic) bond motifs is 9. The minimum absolute atomic E-state index is 0.849. The zero-order valence-electron chi connectivity index (χ0n) is 36.5. The van der Waals surface area contributed by atoms with Gasteiger partial charge < -0.3 is 19.0 Å². The van der Waals surface area contributed by atoms with Crippen molar-refractivity contribution < 1.29 is 9.15 Å². The van der Waals surface area contributed by atoms with Crippen LogP contribution >= 0.6 is 0 Å². The Labute approximate surface area is 382 Å². The molecule has 12 aromatic rings. The molecule has 0 bridgehead atoms. The van der Waals surface area contributed by atoms with Crippen molar-refractivity contribution in [2.45, 2.75) is 13.8 Å². The van der Waals surface area contributed by atoms with Gasteiger partial charge in [-0.15, -0.1) is 0 Å². The molecule has 1 aliphatic heterocycles. The molecule has 0 spiro atoms. The van der Waals surface area contributed by atoms with Crippen LogP contribution in [0.3, 0.4) is 0 Å². The van der Waals surface area contributed by atoms with Crippen LogP contribution in [0.15, 0.2) is 223 Å². The zero-order valence-corrected chi connectivity index (χ0v) is 36.5. The van der Waals surface area contributed by atoms with Crippen LogP contribution < -0.4 is 14.5 Å². The quantitative estimate of drug-likeness (QED) is 0.149. The maximum Gasteiger partial charge on any atom is 0.159 e. The summed E-state index contributed by atoms with van der Waals surface area (Å²) in [6, 6.07) is 78.3. The summed E-state index contributed by atoms with van der Waals surface area (Å²) in [5.41, 5.74) is 15.1. The van der Waals surface area contributed by atoms with Crippen molar-refractivity contribution in [1.82, 2.24) is 0 Å². The predicted molar refractivity (Wildman–Crippen MR) is 276 cm³/mol. The molecule has 0 saturated carbocycles. The summed E-state index contributed by atoms with van der Waals surface area (Å²) in [6.07, 6.45) is 0. The molecule has 4 nitrogen and oxygen atoms in total. The SMILES string of the molecule is Cc1ccc2c(-c3ccc(N(c4ccccc4)c4cccc5c4oc4ccccc45)cc3)cc3c4cc(C)cc5c4c(cc3c2c1)-c1ccc(N(c2ccccc2)c2ccccc2)cc1O5. The third-order valence-corrected chi connectivity index (χ3v) is 13.3. The molecule has 0 aliphatic carbocycles. The highest BCUT2D eigenvalue weighted by atomic mass is 16.5. The van der Waals surface area contributed by atoms with Gasteiger partial charge in [0.1, 0.15) is 17.1 Å². The average Bonchev–Trinajstić information content (AvgIpc) is 3.75. The first-order chi connectivity index (χ1) is 32.5. The fourth-order valence-electron chi connectivity index (χ4n) is 10.3.